The molecule has 0 aromatic heterocycles. The lowest BCUT2D eigenvalue weighted by Crippen LogP contribution is -2.23. The van der Waals surface area contributed by atoms with Gasteiger partial charge in [0, 0.05) is 0 Å². The number of carboxylic acid groups (broad SMARTS) is 1. The van der Waals surface area contributed by atoms with Crippen LogP contribution in [0.1, 0.15) is 47.2 Å². The molecule has 4 atom stereocenters. The highest BCUT2D eigenvalue weighted by molar-refractivity contribution is 6.31. The fraction of sp³-hybridized carbons (Fsp3) is 0.235. The number of carbonyl (C=O) groups excluding carboxylic acids is 1. The summed E-state index contributed by atoms with van der Waals surface area (Å²) in [6.45, 7) is 1.92. The number of aliphatic carboxylic acids is 1. The quantitative estimate of drug-likeness (QED) is 0.158. The van der Waals surface area contributed by atoms with Gasteiger partial charge in [0.2, 0.25) is 0 Å². The topological polar surface area (TPSA) is 66.6 Å². The maximum atomic E-state index is 13.6. The zero-order valence-corrected chi connectivity index (χ0v) is 24.1. The van der Waals surface area contributed by atoms with Crippen molar-refractivity contribution in [1.82, 2.24) is 4.90 Å². The average Bonchev–Trinajstić information content (AvgIpc) is 3.68. The van der Waals surface area contributed by atoms with Gasteiger partial charge in [0.25, 0.3) is 5.91 Å². The van der Waals surface area contributed by atoms with Gasteiger partial charge in [-0.05, 0) is 82.5 Å². The van der Waals surface area contributed by atoms with Crippen molar-refractivity contribution in [2.75, 3.05) is 0 Å². The molecule has 226 valence electrons. The van der Waals surface area contributed by atoms with Crippen LogP contribution in [0.3, 0.4) is 0 Å². The van der Waals surface area contributed by atoms with Crippen LogP contribution in [-0.2, 0) is 11.0 Å². The van der Waals surface area contributed by atoms with E-state index in [1.54, 1.807) is 59.5 Å². The van der Waals surface area contributed by atoms with Crippen LogP contribution in [0.2, 0.25) is 5.02 Å². The van der Waals surface area contributed by atoms with Gasteiger partial charge < -0.3 is 9.84 Å². The molecule has 44 heavy (non-hydrogen) atoms. The molecule has 0 bridgehead atoms. The van der Waals surface area contributed by atoms with Crippen LogP contribution in [0.25, 0.3) is 22.3 Å². The van der Waals surface area contributed by atoms with E-state index in [0.29, 0.717) is 40.0 Å². The first-order chi connectivity index (χ1) is 20.9. The number of ether oxygens (including phenoxy) is 1. The maximum absolute atomic E-state index is 13.6. The number of nitrogens with zero attached hydrogens (tertiary/aromatic N) is 1. The lowest BCUT2D eigenvalue weighted by molar-refractivity contribution is -0.138. The Hall–Kier alpha value is -4.37. The maximum Gasteiger partial charge on any atom is 0.416 e. The Labute approximate surface area is 255 Å². The largest absolute Gasteiger partial charge is 0.481 e. The van der Waals surface area contributed by atoms with Crippen molar-refractivity contribution in [3.05, 3.63) is 112 Å². The molecular formula is C34H26ClF4NO4. The third kappa shape index (κ3) is 5.76. The summed E-state index contributed by atoms with van der Waals surface area (Å²) in [6.07, 6.45) is -4.59. The molecule has 4 unspecified atom stereocenters. The van der Waals surface area contributed by atoms with Crippen molar-refractivity contribution in [2.24, 2.45) is 5.92 Å². The number of amides is 1. The molecule has 0 saturated carbocycles. The molecule has 4 aromatic carbocycles. The second kappa shape index (κ2) is 11.3. The summed E-state index contributed by atoms with van der Waals surface area (Å²) in [5, 5.41) is 9.65. The minimum absolute atomic E-state index is 0.0240. The molecule has 2 aliphatic heterocycles. The zero-order chi connectivity index (χ0) is 31.3. The van der Waals surface area contributed by atoms with Gasteiger partial charge >= 0.3 is 12.1 Å². The summed E-state index contributed by atoms with van der Waals surface area (Å²) in [7, 11) is 0. The summed E-state index contributed by atoms with van der Waals surface area (Å²) in [5.41, 5.74) is 2.70. The molecule has 5 nitrogen and oxygen atoms in total. The first kappa shape index (κ1) is 29.7. The standard InChI is InChI=1S/C34H26ClF4NO4/c1-18(25(17-31(41)42)20-7-5-19(6-8-20)21-3-2-4-24(14-21)34(37,38)39)13-29-33-40(29)32(43)26-15-22(10-12-30(26)44-33)23-9-11-28(36)27(35)16-23/h2-12,14-16,18,25,29,33H,13,17H2,1H3,(H,41,42). The van der Waals surface area contributed by atoms with Gasteiger partial charge in [-0.2, -0.15) is 13.2 Å². The number of halogens is 5. The minimum Gasteiger partial charge on any atom is -0.481 e. The molecule has 1 fully saturated rings. The fourth-order valence-electron chi connectivity index (χ4n) is 5.99. The van der Waals surface area contributed by atoms with Gasteiger partial charge in [0.1, 0.15) is 11.6 Å². The van der Waals surface area contributed by atoms with Crippen molar-refractivity contribution in [2.45, 2.75) is 44.1 Å². The molecule has 1 amide bonds. The molecule has 2 heterocycles. The second-order valence-corrected chi connectivity index (χ2v) is 11.7. The Morgan fingerprint density at radius 2 is 1.61 bits per heavy atom. The van der Waals surface area contributed by atoms with E-state index >= 15 is 0 Å². The Morgan fingerprint density at radius 1 is 0.955 bits per heavy atom. The van der Waals surface area contributed by atoms with E-state index in [1.807, 2.05) is 6.92 Å². The molecule has 2 aliphatic rings. The Kier molecular flexibility index (Phi) is 7.61. The number of hydrogen-bond donors (Lipinski definition) is 1. The van der Waals surface area contributed by atoms with E-state index in [9.17, 15) is 32.3 Å². The van der Waals surface area contributed by atoms with Crippen molar-refractivity contribution in [1.29, 1.82) is 0 Å². The number of alkyl halides is 3. The number of rotatable bonds is 8. The number of benzene rings is 4. The highest BCUT2D eigenvalue weighted by atomic mass is 35.5. The van der Waals surface area contributed by atoms with Gasteiger partial charge in [0.05, 0.1) is 28.6 Å². The molecule has 6 rings (SSSR count). The lowest BCUT2D eigenvalue weighted by atomic mass is 9.81. The first-order valence-electron chi connectivity index (χ1n) is 14.0. The summed E-state index contributed by atoms with van der Waals surface area (Å²) in [5.74, 6) is -1.86. The molecule has 10 heteroatoms. The summed E-state index contributed by atoms with van der Waals surface area (Å²) < 4.78 is 59.3. The van der Waals surface area contributed by atoms with E-state index in [1.165, 1.54) is 18.2 Å². The van der Waals surface area contributed by atoms with Crippen LogP contribution in [-0.4, -0.2) is 34.2 Å². The van der Waals surface area contributed by atoms with E-state index in [-0.39, 0.29) is 29.3 Å². The summed E-state index contributed by atoms with van der Waals surface area (Å²) >= 11 is 5.94. The summed E-state index contributed by atoms with van der Waals surface area (Å²) in [4.78, 5) is 26.9. The highest BCUT2D eigenvalue weighted by Gasteiger charge is 2.57. The van der Waals surface area contributed by atoms with Crippen molar-refractivity contribution in [3.8, 4) is 28.0 Å². The number of hydrogen-bond acceptors (Lipinski definition) is 3. The van der Waals surface area contributed by atoms with Crippen LogP contribution in [0.15, 0.2) is 84.9 Å². The Morgan fingerprint density at radius 3 is 2.30 bits per heavy atom. The van der Waals surface area contributed by atoms with E-state index in [0.717, 1.165) is 17.7 Å². The third-order valence-corrected chi connectivity index (χ3v) is 8.66. The molecule has 4 aromatic rings. The smallest absolute Gasteiger partial charge is 0.416 e. The van der Waals surface area contributed by atoms with Crippen LogP contribution >= 0.6 is 11.6 Å². The normalized spacial score (nSPS) is 18.6. The lowest BCUT2D eigenvalue weighted by Gasteiger charge is -2.23. The molecule has 1 N–H and O–H groups in total. The number of fused-ring (bicyclic) bond motifs is 2. The third-order valence-electron chi connectivity index (χ3n) is 8.37. The van der Waals surface area contributed by atoms with E-state index in [2.05, 4.69) is 0 Å². The summed E-state index contributed by atoms with van der Waals surface area (Å²) in [6, 6.07) is 21.2. The molecule has 0 aliphatic carbocycles. The van der Waals surface area contributed by atoms with Crippen molar-refractivity contribution < 1.29 is 37.0 Å². The molecule has 0 spiro atoms. The van der Waals surface area contributed by atoms with Crippen LogP contribution in [0.5, 0.6) is 5.75 Å². The molecular weight excluding hydrogens is 598 g/mol. The predicted molar refractivity (Wildman–Crippen MR) is 157 cm³/mol. The molecule has 0 radical (unpaired) electrons. The van der Waals surface area contributed by atoms with E-state index in [4.69, 9.17) is 16.3 Å². The average molecular weight is 624 g/mol. The van der Waals surface area contributed by atoms with Crippen molar-refractivity contribution >= 4 is 23.5 Å². The van der Waals surface area contributed by atoms with Gasteiger partial charge in [-0.15, -0.1) is 0 Å². The first-order valence-corrected chi connectivity index (χ1v) is 14.4. The zero-order valence-electron chi connectivity index (χ0n) is 23.3. The van der Waals surface area contributed by atoms with Gasteiger partial charge in [-0.25, -0.2) is 4.39 Å². The van der Waals surface area contributed by atoms with Gasteiger partial charge in [-0.3, -0.25) is 14.5 Å². The number of carbonyl (C=O) groups is 2. The van der Waals surface area contributed by atoms with E-state index < -0.39 is 35.7 Å². The van der Waals surface area contributed by atoms with Crippen LogP contribution < -0.4 is 4.74 Å². The van der Waals surface area contributed by atoms with Crippen LogP contribution in [0, 0.1) is 11.7 Å². The number of carboxylic acids is 1. The van der Waals surface area contributed by atoms with Crippen LogP contribution in [0.4, 0.5) is 17.6 Å². The fourth-order valence-corrected chi connectivity index (χ4v) is 6.17. The minimum atomic E-state index is -4.46. The van der Waals surface area contributed by atoms with Gasteiger partial charge in [-0.1, -0.05) is 67.1 Å². The predicted octanol–water partition coefficient (Wildman–Crippen LogP) is 8.66. The molecule has 1 saturated heterocycles. The Bertz CT molecular complexity index is 1760. The highest BCUT2D eigenvalue weighted by Crippen LogP contribution is 2.46. The Balaban J connectivity index is 1.18. The monoisotopic (exact) mass is 623 g/mol. The second-order valence-electron chi connectivity index (χ2n) is 11.2. The van der Waals surface area contributed by atoms with Crippen molar-refractivity contribution in [3.63, 3.8) is 0 Å². The SMILES string of the molecule is CC(CC1C2Oc3ccc(-c4ccc(F)c(Cl)c4)cc3C(=O)N12)C(CC(=O)O)c1ccc(-c2cccc(C(F)(F)F)c2)cc1. The van der Waals surface area contributed by atoms with Gasteiger partial charge in [0.15, 0.2) is 6.23 Å².